The third-order valence-electron chi connectivity index (χ3n) is 2.94. The van der Waals surface area contributed by atoms with Crippen LogP contribution in [0.2, 0.25) is 0 Å². The van der Waals surface area contributed by atoms with Crippen molar-refractivity contribution >= 4 is 11.6 Å². The van der Waals surface area contributed by atoms with Gasteiger partial charge in [0.2, 0.25) is 0 Å². The fourth-order valence-corrected chi connectivity index (χ4v) is 2.28. The molecule has 1 N–H and O–H groups in total. The third kappa shape index (κ3) is 3.55. The molecule has 1 nitrogen and oxygen atoms in total. The van der Waals surface area contributed by atoms with E-state index in [1.165, 1.54) is 0 Å². The number of hydrogen-bond acceptors (Lipinski definition) is 1. The highest BCUT2D eigenvalue weighted by Gasteiger charge is 2.33. The van der Waals surface area contributed by atoms with E-state index in [9.17, 15) is 5.11 Å². The number of hydrogen-bond donors (Lipinski definition) is 1. The van der Waals surface area contributed by atoms with E-state index >= 15 is 0 Å². The topological polar surface area (TPSA) is 20.2 Å². The van der Waals surface area contributed by atoms with Crippen LogP contribution in [0, 0.1) is 11.8 Å². The highest BCUT2D eigenvalue weighted by Crippen LogP contribution is 2.34. The lowest BCUT2D eigenvalue weighted by molar-refractivity contribution is 0.0996. The van der Waals surface area contributed by atoms with Gasteiger partial charge < -0.3 is 5.11 Å². The van der Waals surface area contributed by atoms with Gasteiger partial charge in [-0.2, -0.15) is 0 Å². The molecular formula is C13H19ClO. The summed E-state index contributed by atoms with van der Waals surface area (Å²) in [5, 5.41) is 10.1. The quantitative estimate of drug-likeness (QED) is 0.330. The predicted molar refractivity (Wildman–Crippen MR) is 64.9 cm³/mol. The molecule has 0 bridgehead atoms. The zero-order valence-corrected chi connectivity index (χ0v) is 10.1. The van der Waals surface area contributed by atoms with Gasteiger partial charge in [-0.15, -0.1) is 23.4 Å². The van der Waals surface area contributed by atoms with Crippen molar-refractivity contribution in [2.24, 2.45) is 0 Å². The molecule has 0 aliphatic heterocycles. The van der Waals surface area contributed by atoms with Gasteiger partial charge in [0.25, 0.3) is 0 Å². The van der Waals surface area contributed by atoms with E-state index in [0.717, 1.165) is 44.1 Å². The van der Waals surface area contributed by atoms with Crippen LogP contribution in [0.3, 0.4) is 0 Å². The fourth-order valence-electron chi connectivity index (χ4n) is 1.98. The van der Waals surface area contributed by atoms with Gasteiger partial charge in [-0.05, 0) is 44.6 Å². The van der Waals surface area contributed by atoms with Crippen LogP contribution >= 0.6 is 11.6 Å². The van der Waals surface area contributed by atoms with Crippen LogP contribution in [0.4, 0.5) is 0 Å². The molecule has 0 saturated heterocycles. The average Bonchev–Trinajstić information content (AvgIpc) is 2.61. The SMILES string of the molecule is CC#CCCCCC1=CCCC1(O)CCl. The lowest BCUT2D eigenvalue weighted by Crippen LogP contribution is -2.30. The molecule has 84 valence electrons. The van der Waals surface area contributed by atoms with Gasteiger partial charge in [0.05, 0.1) is 11.5 Å². The summed E-state index contributed by atoms with van der Waals surface area (Å²) in [6.07, 6.45) is 8.04. The van der Waals surface area contributed by atoms with Gasteiger partial charge in [0.1, 0.15) is 0 Å². The number of allylic oxidation sites excluding steroid dienone is 1. The van der Waals surface area contributed by atoms with E-state index in [0.29, 0.717) is 5.88 Å². The van der Waals surface area contributed by atoms with Crippen LogP contribution in [0.25, 0.3) is 0 Å². The molecule has 0 spiro atoms. The van der Waals surface area contributed by atoms with Crippen molar-refractivity contribution in [3.8, 4) is 11.8 Å². The molecule has 1 aliphatic rings. The van der Waals surface area contributed by atoms with E-state index in [4.69, 9.17) is 11.6 Å². The van der Waals surface area contributed by atoms with Crippen LogP contribution in [-0.4, -0.2) is 16.6 Å². The van der Waals surface area contributed by atoms with Gasteiger partial charge in [0.15, 0.2) is 0 Å². The maximum atomic E-state index is 10.1. The molecule has 0 saturated carbocycles. The van der Waals surface area contributed by atoms with E-state index in [-0.39, 0.29) is 0 Å². The summed E-state index contributed by atoms with van der Waals surface area (Å²) in [6.45, 7) is 1.87. The molecule has 0 amide bonds. The zero-order valence-electron chi connectivity index (χ0n) is 9.35. The minimum absolute atomic E-state index is 0.327. The largest absolute Gasteiger partial charge is 0.384 e. The van der Waals surface area contributed by atoms with Crippen LogP contribution in [0.1, 0.15) is 45.4 Å². The van der Waals surface area contributed by atoms with E-state index in [1.807, 2.05) is 6.92 Å². The summed E-state index contributed by atoms with van der Waals surface area (Å²) in [4.78, 5) is 0. The standard InChI is InChI=1S/C13H19ClO/c1-2-3-4-5-6-8-12-9-7-10-13(12,15)11-14/h9,15H,4-8,10-11H2,1H3. The molecule has 0 aromatic rings. The van der Waals surface area contributed by atoms with Crippen molar-refractivity contribution < 1.29 is 5.11 Å². The molecule has 2 heteroatoms. The molecule has 15 heavy (non-hydrogen) atoms. The summed E-state index contributed by atoms with van der Waals surface area (Å²) in [7, 11) is 0. The predicted octanol–water partition coefficient (Wildman–Crippen LogP) is 3.26. The zero-order chi connectivity index (χ0) is 11.1. The summed E-state index contributed by atoms with van der Waals surface area (Å²) in [6, 6.07) is 0. The Hall–Kier alpha value is -0.450. The molecule has 1 unspecified atom stereocenters. The van der Waals surface area contributed by atoms with Gasteiger partial charge in [-0.1, -0.05) is 6.08 Å². The summed E-state index contributed by atoms with van der Waals surface area (Å²) < 4.78 is 0. The van der Waals surface area contributed by atoms with Crippen molar-refractivity contribution in [1.82, 2.24) is 0 Å². The van der Waals surface area contributed by atoms with E-state index in [1.54, 1.807) is 0 Å². The van der Waals surface area contributed by atoms with Crippen molar-refractivity contribution in [3.05, 3.63) is 11.6 Å². The van der Waals surface area contributed by atoms with Crippen LogP contribution in [-0.2, 0) is 0 Å². The second kappa shape index (κ2) is 6.20. The molecule has 0 aromatic heterocycles. The van der Waals surface area contributed by atoms with Gasteiger partial charge in [0, 0.05) is 6.42 Å². The fraction of sp³-hybridized carbons (Fsp3) is 0.692. The second-order valence-corrected chi connectivity index (χ2v) is 4.33. The van der Waals surface area contributed by atoms with E-state index < -0.39 is 5.60 Å². The minimum Gasteiger partial charge on any atom is -0.384 e. The first-order valence-corrected chi connectivity index (χ1v) is 6.14. The molecule has 1 rings (SSSR count). The number of rotatable bonds is 5. The van der Waals surface area contributed by atoms with Crippen LogP contribution in [0.15, 0.2) is 11.6 Å². The smallest absolute Gasteiger partial charge is 0.0994 e. The lowest BCUT2D eigenvalue weighted by atomic mass is 9.93. The first kappa shape index (κ1) is 12.6. The Bertz CT molecular complexity index is 285. The Morgan fingerprint density at radius 1 is 1.53 bits per heavy atom. The average molecular weight is 227 g/mol. The lowest BCUT2D eigenvalue weighted by Gasteiger charge is -2.23. The van der Waals surface area contributed by atoms with Gasteiger partial charge in [-0.3, -0.25) is 0 Å². The number of alkyl halides is 1. The molecule has 0 heterocycles. The van der Waals surface area contributed by atoms with Crippen molar-refractivity contribution in [2.45, 2.75) is 51.0 Å². The normalized spacial score (nSPS) is 24.6. The first-order chi connectivity index (χ1) is 7.23. The number of aliphatic hydroxyl groups is 1. The summed E-state index contributed by atoms with van der Waals surface area (Å²) in [5.41, 5.74) is 0.430. The summed E-state index contributed by atoms with van der Waals surface area (Å²) >= 11 is 5.79. The van der Waals surface area contributed by atoms with Gasteiger partial charge >= 0.3 is 0 Å². The molecule has 1 aliphatic carbocycles. The Kier molecular flexibility index (Phi) is 5.22. The van der Waals surface area contributed by atoms with Crippen molar-refractivity contribution in [3.63, 3.8) is 0 Å². The van der Waals surface area contributed by atoms with E-state index in [2.05, 4.69) is 17.9 Å². The third-order valence-corrected chi connectivity index (χ3v) is 3.38. The van der Waals surface area contributed by atoms with Crippen LogP contribution in [0.5, 0.6) is 0 Å². The highest BCUT2D eigenvalue weighted by molar-refractivity contribution is 6.18. The Labute approximate surface area is 97.5 Å². The van der Waals surface area contributed by atoms with Crippen molar-refractivity contribution in [2.75, 3.05) is 5.88 Å². The van der Waals surface area contributed by atoms with Crippen LogP contribution < -0.4 is 0 Å². The maximum absolute atomic E-state index is 10.1. The Morgan fingerprint density at radius 3 is 3.00 bits per heavy atom. The minimum atomic E-state index is -0.710. The Balaban J connectivity index is 2.28. The number of halogens is 1. The molecule has 1 atom stereocenters. The monoisotopic (exact) mass is 226 g/mol. The highest BCUT2D eigenvalue weighted by atomic mass is 35.5. The molecule has 0 fully saturated rings. The molecule has 0 radical (unpaired) electrons. The van der Waals surface area contributed by atoms with Crippen molar-refractivity contribution in [1.29, 1.82) is 0 Å². The second-order valence-electron chi connectivity index (χ2n) is 4.07. The molecular weight excluding hydrogens is 208 g/mol. The molecule has 0 aromatic carbocycles. The van der Waals surface area contributed by atoms with Gasteiger partial charge in [-0.25, -0.2) is 0 Å². The summed E-state index contributed by atoms with van der Waals surface area (Å²) in [5.74, 6) is 6.27. The first-order valence-electron chi connectivity index (χ1n) is 5.60. The Morgan fingerprint density at radius 2 is 2.33 bits per heavy atom. The number of unbranched alkanes of at least 4 members (excludes halogenated alkanes) is 2. The maximum Gasteiger partial charge on any atom is 0.0994 e.